The van der Waals surface area contributed by atoms with E-state index in [1.165, 1.54) is 6.20 Å². The van der Waals surface area contributed by atoms with E-state index in [1.807, 2.05) is 18.2 Å². The normalized spacial score (nSPS) is 10.4. The lowest BCUT2D eigenvalue weighted by Gasteiger charge is -2.03. The molecule has 0 aliphatic rings. The molecule has 0 atom stereocenters. The minimum absolute atomic E-state index is 0.0810. The molecule has 0 saturated heterocycles. The maximum absolute atomic E-state index is 12.3. The summed E-state index contributed by atoms with van der Waals surface area (Å²) < 4.78 is 0. The van der Waals surface area contributed by atoms with Crippen molar-refractivity contribution in [2.45, 2.75) is 0 Å². The largest absolute Gasteiger partial charge is 0.325 e. The van der Waals surface area contributed by atoms with Crippen LogP contribution in [0.25, 0.3) is 11.1 Å². The second-order valence-corrected chi connectivity index (χ2v) is 4.76. The van der Waals surface area contributed by atoms with E-state index in [4.69, 9.17) is 0 Å². The third-order valence-corrected chi connectivity index (χ3v) is 3.31. The van der Waals surface area contributed by atoms with Crippen molar-refractivity contribution in [3.63, 3.8) is 0 Å². The number of H-pyrrole nitrogens is 2. The summed E-state index contributed by atoms with van der Waals surface area (Å²) in [6.45, 7) is 0. The maximum atomic E-state index is 12.3. The zero-order chi connectivity index (χ0) is 15.5. The summed E-state index contributed by atoms with van der Waals surface area (Å²) in [6.07, 6.45) is 1.36. The van der Waals surface area contributed by atoms with Crippen molar-refractivity contribution in [2.75, 3.05) is 0 Å². The molecule has 0 bridgehead atoms. The van der Waals surface area contributed by atoms with Gasteiger partial charge in [0, 0.05) is 17.3 Å². The highest BCUT2D eigenvalue weighted by Gasteiger charge is 2.09. The highest BCUT2D eigenvalue weighted by Crippen LogP contribution is 2.16. The maximum Gasteiger partial charge on any atom is 0.325 e. The van der Waals surface area contributed by atoms with Crippen LogP contribution >= 0.6 is 0 Å². The molecule has 1 aromatic heterocycles. The number of carbonyl (C=O) groups excluding carboxylic acids is 1. The molecule has 0 spiro atoms. The lowest BCUT2D eigenvalue weighted by atomic mass is 10.0. The Kier molecular flexibility index (Phi) is 3.53. The van der Waals surface area contributed by atoms with E-state index in [2.05, 4.69) is 9.97 Å². The number of ketones is 1. The zero-order valence-electron chi connectivity index (χ0n) is 11.5. The van der Waals surface area contributed by atoms with Gasteiger partial charge in [-0.25, -0.2) is 4.79 Å². The molecule has 5 nitrogen and oxygen atoms in total. The highest BCUT2D eigenvalue weighted by atomic mass is 16.2. The number of benzene rings is 2. The molecule has 0 amide bonds. The lowest BCUT2D eigenvalue weighted by Crippen LogP contribution is -2.22. The number of aromatic nitrogens is 2. The molecule has 0 fully saturated rings. The van der Waals surface area contributed by atoms with Gasteiger partial charge < -0.3 is 4.98 Å². The van der Waals surface area contributed by atoms with Crippen molar-refractivity contribution in [3.05, 3.63) is 92.8 Å². The predicted octanol–water partition coefficient (Wildman–Crippen LogP) is 1.96. The van der Waals surface area contributed by atoms with E-state index in [9.17, 15) is 14.4 Å². The standard InChI is InChI=1S/C17H12N2O3/c20-15(12-4-2-1-3-5-12)13-8-6-11(7-9-13)14-10-18-17(22)19-16(14)21/h1-10H,(H2,18,19,21,22). The predicted molar refractivity (Wildman–Crippen MR) is 83.0 cm³/mol. The van der Waals surface area contributed by atoms with Crippen molar-refractivity contribution in [1.82, 2.24) is 9.97 Å². The SMILES string of the molecule is O=C(c1ccccc1)c1ccc(-c2c[nH]c(=O)[nH]c2=O)cc1. The minimum atomic E-state index is -0.551. The molecule has 0 aliphatic heterocycles. The smallest absolute Gasteiger partial charge is 0.313 e. The molecule has 108 valence electrons. The molecule has 0 unspecified atom stereocenters. The Morgan fingerprint density at radius 3 is 2.09 bits per heavy atom. The van der Waals surface area contributed by atoms with Gasteiger partial charge >= 0.3 is 5.69 Å². The van der Waals surface area contributed by atoms with E-state index in [0.29, 0.717) is 22.3 Å². The summed E-state index contributed by atoms with van der Waals surface area (Å²) in [4.78, 5) is 39.6. The Morgan fingerprint density at radius 2 is 1.45 bits per heavy atom. The Hall–Kier alpha value is -3.21. The Bertz CT molecular complexity index is 922. The van der Waals surface area contributed by atoms with Crippen LogP contribution < -0.4 is 11.2 Å². The molecule has 0 aliphatic carbocycles. The summed E-state index contributed by atoms with van der Waals surface area (Å²) in [5.41, 5.74) is 1.10. The second kappa shape index (κ2) is 5.65. The molecule has 2 aromatic carbocycles. The topological polar surface area (TPSA) is 82.8 Å². The van der Waals surface area contributed by atoms with Crippen LogP contribution in [0.2, 0.25) is 0 Å². The molecule has 1 heterocycles. The van der Waals surface area contributed by atoms with E-state index >= 15 is 0 Å². The van der Waals surface area contributed by atoms with Gasteiger partial charge in [0.05, 0.1) is 5.56 Å². The van der Waals surface area contributed by atoms with Crippen LogP contribution in [-0.4, -0.2) is 15.8 Å². The molecular formula is C17H12N2O3. The summed E-state index contributed by atoms with van der Waals surface area (Å²) in [6, 6.07) is 15.7. The quantitative estimate of drug-likeness (QED) is 0.724. The van der Waals surface area contributed by atoms with Gasteiger partial charge in [-0.15, -0.1) is 0 Å². The average Bonchev–Trinajstić information content (AvgIpc) is 2.55. The number of hydrogen-bond donors (Lipinski definition) is 2. The Balaban J connectivity index is 1.95. The van der Waals surface area contributed by atoms with E-state index < -0.39 is 11.2 Å². The van der Waals surface area contributed by atoms with Crippen LogP contribution in [0.15, 0.2) is 70.4 Å². The molecule has 0 radical (unpaired) electrons. The Morgan fingerprint density at radius 1 is 0.818 bits per heavy atom. The first kappa shape index (κ1) is 13.8. The second-order valence-electron chi connectivity index (χ2n) is 4.76. The van der Waals surface area contributed by atoms with Crippen LogP contribution in [0.3, 0.4) is 0 Å². The van der Waals surface area contributed by atoms with Gasteiger partial charge in [-0.3, -0.25) is 14.6 Å². The third kappa shape index (κ3) is 2.64. The van der Waals surface area contributed by atoms with Gasteiger partial charge in [0.15, 0.2) is 5.78 Å². The lowest BCUT2D eigenvalue weighted by molar-refractivity contribution is 0.103. The minimum Gasteiger partial charge on any atom is -0.313 e. The van der Waals surface area contributed by atoms with E-state index in [0.717, 1.165) is 0 Å². The van der Waals surface area contributed by atoms with Crippen molar-refractivity contribution in [3.8, 4) is 11.1 Å². The third-order valence-electron chi connectivity index (χ3n) is 3.31. The number of carbonyl (C=O) groups is 1. The highest BCUT2D eigenvalue weighted by molar-refractivity contribution is 6.09. The zero-order valence-corrected chi connectivity index (χ0v) is 11.5. The fraction of sp³-hybridized carbons (Fsp3) is 0. The van der Waals surface area contributed by atoms with Crippen LogP contribution in [0, 0.1) is 0 Å². The van der Waals surface area contributed by atoms with Crippen molar-refractivity contribution >= 4 is 5.78 Å². The number of hydrogen-bond acceptors (Lipinski definition) is 3. The molecule has 0 saturated carbocycles. The van der Waals surface area contributed by atoms with Gasteiger partial charge in [-0.05, 0) is 5.56 Å². The average molecular weight is 292 g/mol. The van der Waals surface area contributed by atoms with Gasteiger partial charge in [-0.1, -0.05) is 54.6 Å². The van der Waals surface area contributed by atoms with Gasteiger partial charge in [0.2, 0.25) is 0 Å². The summed E-state index contributed by atoms with van der Waals surface area (Å²) in [5, 5.41) is 0. The van der Waals surface area contributed by atoms with Crippen molar-refractivity contribution in [1.29, 1.82) is 0 Å². The van der Waals surface area contributed by atoms with Crippen LogP contribution in [-0.2, 0) is 0 Å². The Labute approximate surface area is 125 Å². The number of rotatable bonds is 3. The van der Waals surface area contributed by atoms with Crippen molar-refractivity contribution in [2.24, 2.45) is 0 Å². The van der Waals surface area contributed by atoms with Crippen LogP contribution in [0.1, 0.15) is 15.9 Å². The van der Waals surface area contributed by atoms with Gasteiger partial charge in [0.25, 0.3) is 5.56 Å². The first-order valence-electron chi connectivity index (χ1n) is 6.67. The fourth-order valence-corrected chi connectivity index (χ4v) is 2.18. The summed E-state index contributed by atoms with van der Waals surface area (Å²) >= 11 is 0. The fourth-order valence-electron chi connectivity index (χ4n) is 2.18. The van der Waals surface area contributed by atoms with E-state index in [-0.39, 0.29) is 5.78 Å². The van der Waals surface area contributed by atoms with Gasteiger partial charge in [0.1, 0.15) is 0 Å². The monoisotopic (exact) mass is 292 g/mol. The van der Waals surface area contributed by atoms with Crippen LogP contribution in [0.5, 0.6) is 0 Å². The first-order valence-corrected chi connectivity index (χ1v) is 6.67. The first-order chi connectivity index (χ1) is 10.6. The van der Waals surface area contributed by atoms with Crippen molar-refractivity contribution < 1.29 is 4.79 Å². The molecule has 22 heavy (non-hydrogen) atoms. The molecule has 3 rings (SSSR count). The summed E-state index contributed by atoms with van der Waals surface area (Å²) in [7, 11) is 0. The van der Waals surface area contributed by atoms with Crippen LogP contribution in [0.4, 0.5) is 0 Å². The molecular weight excluding hydrogens is 280 g/mol. The molecule has 3 aromatic rings. The molecule has 5 heteroatoms. The molecule has 2 N–H and O–H groups in total. The van der Waals surface area contributed by atoms with Gasteiger partial charge in [-0.2, -0.15) is 0 Å². The number of aromatic amines is 2. The van der Waals surface area contributed by atoms with E-state index in [1.54, 1.807) is 36.4 Å². The number of nitrogens with one attached hydrogen (secondary N) is 2. The summed E-state index contributed by atoms with van der Waals surface area (Å²) in [5.74, 6) is -0.0810.